The van der Waals surface area contributed by atoms with Crippen molar-refractivity contribution < 1.29 is 9.50 Å². The van der Waals surface area contributed by atoms with Gasteiger partial charge in [-0.3, -0.25) is 0 Å². The minimum Gasteiger partial charge on any atom is -0.384 e. The van der Waals surface area contributed by atoms with E-state index in [0.29, 0.717) is 5.56 Å². The van der Waals surface area contributed by atoms with E-state index < -0.39 is 6.10 Å². The van der Waals surface area contributed by atoms with Gasteiger partial charge in [-0.2, -0.15) is 0 Å². The van der Waals surface area contributed by atoms with Crippen molar-refractivity contribution in [3.8, 4) is 11.1 Å². The summed E-state index contributed by atoms with van der Waals surface area (Å²) in [6, 6.07) is 23.8. The van der Waals surface area contributed by atoms with Crippen LogP contribution in [0.15, 0.2) is 78.9 Å². The first-order valence-corrected chi connectivity index (χ1v) is 6.83. The molecule has 3 rings (SSSR count). The fraction of sp³-hybridized carbons (Fsp3) is 0.0526. The summed E-state index contributed by atoms with van der Waals surface area (Å²) in [7, 11) is 0. The van der Waals surface area contributed by atoms with Gasteiger partial charge in [0.1, 0.15) is 11.9 Å². The minimum absolute atomic E-state index is 0.340. The lowest BCUT2D eigenvalue weighted by Crippen LogP contribution is -1.99. The van der Waals surface area contributed by atoms with Gasteiger partial charge in [0.25, 0.3) is 0 Å². The van der Waals surface area contributed by atoms with Crippen molar-refractivity contribution in [2.45, 2.75) is 6.10 Å². The lowest BCUT2D eigenvalue weighted by molar-refractivity contribution is 0.220. The van der Waals surface area contributed by atoms with E-state index in [0.717, 1.165) is 16.7 Å². The number of rotatable bonds is 3. The van der Waals surface area contributed by atoms with E-state index in [1.54, 1.807) is 12.1 Å². The van der Waals surface area contributed by atoms with Crippen LogP contribution in [0.1, 0.15) is 17.2 Å². The second-order valence-electron chi connectivity index (χ2n) is 4.95. The van der Waals surface area contributed by atoms with E-state index >= 15 is 0 Å². The molecule has 104 valence electrons. The van der Waals surface area contributed by atoms with Gasteiger partial charge in [0.15, 0.2) is 0 Å². The molecule has 2 heteroatoms. The topological polar surface area (TPSA) is 20.2 Å². The first-order chi connectivity index (χ1) is 10.2. The van der Waals surface area contributed by atoms with Crippen LogP contribution in [0.2, 0.25) is 0 Å². The van der Waals surface area contributed by atoms with E-state index in [1.165, 1.54) is 12.1 Å². The second-order valence-corrected chi connectivity index (χ2v) is 4.95. The summed E-state index contributed by atoms with van der Waals surface area (Å²) in [6.07, 6.45) is -0.814. The van der Waals surface area contributed by atoms with Gasteiger partial charge in [-0.15, -0.1) is 0 Å². The Bertz CT molecular complexity index is 720. The molecule has 0 aliphatic carbocycles. The second kappa shape index (κ2) is 5.90. The summed E-state index contributed by atoms with van der Waals surface area (Å²) in [5.74, 6) is -0.340. The summed E-state index contributed by atoms with van der Waals surface area (Å²) in [4.78, 5) is 0. The fourth-order valence-electron chi connectivity index (χ4n) is 2.36. The van der Waals surface area contributed by atoms with Crippen molar-refractivity contribution >= 4 is 0 Å². The zero-order valence-electron chi connectivity index (χ0n) is 11.4. The third-order valence-electron chi connectivity index (χ3n) is 3.50. The monoisotopic (exact) mass is 278 g/mol. The number of halogens is 1. The molecule has 0 unspecified atom stereocenters. The minimum atomic E-state index is -0.814. The molecule has 0 aliphatic rings. The molecule has 21 heavy (non-hydrogen) atoms. The van der Waals surface area contributed by atoms with Crippen LogP contribution in [0.5, 0.6) is 0 Å². The Morgan fingerprint density at radius 1 is 0.667 bits per heavy atom. The maximum atomic E-state index is 13.2. The van der Waals surface area contributed by atoms with Gasteiger partial charge in [0, 0.05) is 0 Å². The maximum Gasteiger partial charge on any atom is 0.123 e. The van der Waals surface area contributed by atoms with Gasteiger partial charge in [0.2, 0.25) is 0 Å². The summed E-state index contributed by atoms with van der Waals surface area (Å²) in [5.41, 5.74) is 3.53. The van der Waals surface area contributed by atoms with E-state index in [4.69, 9.17) is 0 Å². The van der Waals surface area contributed by atoms with Crippen LogP contribution in [-0.2, 0) is 0 Å². The molecular formula is C19H15FO. The van der Waals surface area contributed by atoms with Crippen LogP contribution in [0.4, 0.5) is 4.39 Å². The molecule has 0 spiro atoms. The maximum absolute atomic E-state index is 13.2. The lowest BCUT2D eigenvalue weighted by Gasteiger charge is -2.12. The molecule has 0 heterocycles. The molecule has 0 amide bonds. The number of aliphatic hydroxyl groups excluding tert-OH is 1. The van der Waals surface area contributed by atoms with Crippen LogP contribution in [0.3, 0.4) is 0 Å². The number of hydrogen-bond acceptors (Lipinski definition) is 1. The molecule has 3 aromatic rings. The molecule has 0 saturated carbocycles. The van der Waals surface area contributed by atoms with Crippen molar-refractivity contribution in [3.05, 3.63) is 95.8 Å². The van der Waals surface area contributed by atoms with Crippen LogP contribution >= 0.6 is 0 Å². The third kappa shape index (κ3) is 3.01. The molecule has 0 bridgehead atoms. The highest BCUT2D eigenvalue weighted by molar-refractivity contribution is 5.63. The van der Waals surface area contributed by atoms with E-state index in [2.05, 4.69) is 0 Å². The average Bonchev–Trinajstić information content (AvgIpc) is 2.55. The highest BCUT2D eigenvalue weighted by Crippen LogP contribution is 2.25. The molecule has 0 aromatic heterocycles. The Labute approximate surface area is 123 Å². The third-order valence-corrected chi connectivity index (χ3v) is 3.50. The van der Waals surface area contributed by atoms with Gasteiger partial charge in [-0.1, -0.05) is 66.7 Å². The summed E-state index contributed by atoms with van der Waals surface area (Å²) in [5, 5.41) is 10.3. The van der Waals surface area contributed by atoms with E-state index in [-0.39, 0.29) is 5.82 Å². The fourth-order valence-corrected chi connectivity index (χ4v) is 2.36. The highest BCUT2D eigenvalue weighted by Gasteiger charge is 2.11. The number of hydrogen-bond donors (Lipinski definition) is 1. The van der Waals surface area contributed by atoms with E-state index in [9.17, 15) is 9.50 Å². The van der Waals surface area contributed by atoms with Crippen LogP contribution < -0.4 is 0 Å². The predicted octanol–water partition coefficient (Wildman–Crippen LogP) is 4.57. The molecule has 0 fully saturated rings. The van der Waals surface area contributed by atoms with E-state index in [1.807, 2.05) is 54.6 Å². The Balaban J connectivity index is 1.87. The average molecular weight is 278 g/mol. The Morgan fingerprint density at radius 2 is 1.33 bits per heavy atom. The van der Waals surface area contributed by atoms with Crippen LogP contribution in [0, 0.1) is 5.82 Å². The zero-order valence-corrected chi connectivity index (χ0v) is 11.4. The smallest absolute Gasteiger partial charge is 0.123 e. The molecule has 1 nitrogen and oxygen atoms in total. The standard InChI is InChI=1S/C19H15FO/c20-18-8-4-7-17(13-18)19(21)16-11-9-15(10-12-16)14-5-2-1-3-6-14/h1-13,19,21H/t19-/m1/s1. The number of aliphatic hydroxyl groups is 1. The lowest BCUT2D eigenvalue weighted by atomic mass is 9.98. The normalized spacial score (nSPS) is 12.1. The summed E-state index contributed by atoms with van der Waals surface area (Å²) < 4.78 is 13.2. The first-order valence-electron chi connectivity index (χ1n) is 6.83. The van der Waals surface area contributed by atoms with Crippen molar-refractivity contribution in [1.82, 2.24) is 0 Å². The van der Waals surface area contributed by atoms with Crippen molar-refractivity contribution in [2.24, 2.45) is 0 Å². The molecule has 3 aromatic carbocycles. The van der Waals surface area contributed by atoms with Gasteiger partial charge in [-0.05, 0) is 34.4 Å². The predicted molar refractivity (Wildman–Crippen MR) is 82.3 cm³/mol. The quantitative estimate of drug-likeness (QED) is 0.743. The van der Waals surface area contributed by atoms with Gasteiger partial charge < -0.3 is 5.11 Å². The van der Waals surface area contributed by atoms with Gasteiger partial charge >= 0.3 is 0 Å². The van der Waals surface area contributed by atoms with Crippen LogP contribution in [-0.4, -0.2) is 5.11 Å². The van der Waals surface area contributed by atoms with Crippen molar-refractivity contribution in [1.29, 1.82) is 0 Å². The molecule has 1 N–H and O–H groups in total. The highest BCUT2D eigenvalue weighted by atomic mass is 19.1. The SMILES string of the molecule is O[C@H](c1ccc(-c2ccccc2)cc1)c1cccc(F)c1. The van der Waals surface area contributed by atoms with Crippen molar-refractivity contribution in [3.63, 3.8) is 0 Å². The molecular weight excluding hydrogens is 263 g/mol. The Morgan fingerprint density at radius 3 is 2.00 bits per heavy atom. The Kier molecular flexibility index (Phi) is 3.80. The Hall–Kier alpha value is -2.45. The van der Waals surface area contributed by atoms with Crippen LogP contribution in [0.25, 0.3) is 11.1 Å². The molecule has 0 saturated heterocycles. The van der Waals surface area contributed by atoms with Crippen molar-refractivity contribution in [2.75, 3.05) is 0 Å². The first kappa shape index (κ1) is 13.5. The molecule has 0 aliphatic heterocycles. The number of benzene rings is 3. The zero-order chi connectivity index (χ0) is 14.7. The molecule has 1 atom stereocenters. The summed E-state index contributed by atoms with van der Waals surface area (Å²) >= 11 is 0. The molecule has 0 radical (unpaired) electrons. The van der Waals surface area contributed by atoms with Gasteiger partial charge in [-0.25, -0.2) is 4.39 Å². The summed E-state index contributed by atoms with van der Waals surface area (Å²) in [6.45, 7) is 0. The largest absolute Gasteiger partial charge is 0.384 e. The van der Waals surface area contributed by atoms with Gasteiger partial charge in [0.05, 0.1) is 0 Å².